The number of piperidine rings is 1. The Hall–Kier alpha value is -3.19. The lowest BCUT2D eigenvalue weighted by Crippen LogP contribution is -2.35. The van der Waals surface area contributed by atoms with Crippen molar-refractivity contribution < 1.29 is 19.2 Å². The first-order chi connectivity index (χ1) is 14.4. The molecular weight excluding hydrogens is 384 g/mol. The van der Waals surface area contributed by atoms with E-state index < -0.39 is 4.92 Å². The number of benzene rings is 2. The fourth-order valence-corrected chi connectivity index (χ4v) is 3.51. The second-order valence-corrected chi connectivity index (χ2v) is 7.32. The molecule has 7 nitrogen and oxygen atoms in total. The maximum atomic E-state index is 12.3. The minimum absolute atomic E-state index is 0.0705. The van der Waals surface area contributed by atoms with Crippen LogP contribution in [0.4, 0.5) is 5.69 Å². The van der Waals surface area contributed by atoms with Crippen LogP contribution in [-0.2, 0) is 11.4 Å². The van der Waals surface area contributed by atoms with Gasteiger partial charge in [0.2, 0.25) is 5.75 Å². The van der Waals surface area contributed by atoms with Crippen molar-refractivity contribution in [1.29, 1.82) is 0 Å². The first kappa shape index (κ1) is 21.5. The number of rotatable bonds is 7. The summed E-state index contributed by atoms with van der Waals surface area (Å²) in [5.74, 6) is 0.414. The summed E-state index contributed by atoms with van der Waals surface area (Å²) < 4.78 is 11.2. The van der Waals surface area contributed by atoms with E-state index in [9.17, 15) is 14.9 Å². The number of nitrogens with zero attached hydrogens (tertiary/aromatic N) is 2. The Labute approximate surface area is 176 Å². The van der Waals surface area contributed by atoms with Gasteiger partial charge in [-0.3, -0.25) is 19.8 Å². The molecule has 0 unspecified atom stereocenters. The average Bonchev–Trinajstić information content (AvgIpc) is 2.73. The van der Waals surface area contributed by atoms with E-state index in [0.29, 0.717) is 24.1 Å². The number of carbonyl (C=O) groups is 1. The van der Waals surface area contributed by atoms with Gasteiger partial charge in [0.05, 0.1) is 12.0 Å². The Bertz CT molecular complexity index is 984. The number of Topliss-reactive ketones (excluding diaryl/α,β-unsaturated/α-hetero) is 1. The molecule has 0 radical (unpaired) electrons. The third-order valence-corrected chi connectivity index (χ3v) is 5.14. The summed E-state index contributed by atoms with van der Waals surface area (Å²) in [6.07, 6.45) is 2.17. The lowest BCUT2D eigenvalue weighted by Gasteiger charge is -2.26. The maximum absolute atomic E-state index is 12.3. The van der Waals surface area contributed by atoms with Crippen LogP contribution in [0.3, 0.4) is 0 Å². The van der Waals surface area contributed by atoms with Crippen molar-refractivity contribution in [3.05, 3.63) is 68.8 Å². The van der Waals surface area contributed by atoms with Crippen LogP contribution >= 0.6 is 0 Å². The molecule has 0 amide bonds. The highest BCUT2D eigenvalue weighted by atomic mass is 16.6. The zero-order valence-corrected chi connectivity index (χ0v) is 17.5. The van der Waals surface area contributed by atoms with Crippen molar-refractivity contribution in [1.82, 2.24) is 4.90 Å². The summed E-state index contributed by atoms with van der Waals surface area (Å²) in [4.78, 5) is 25.7. The molecule has 1 fully saturated rings. The topological polar surface area (TPSA) is 81.9 Å². The lowest BCUT2D eigenvalue weighted by molar-refractivity contribution is -0.386. The Kier molecular flexibility index (Phi) is 6.84. The Balaban J connectivity index is 1.94. The minimum Gasteiger partial charge on any atom is -0.493 e. The van der Waals surface area contributed by atoms with Gasteiger partial charge in [-0.05, 0) is 36.7 Å². The predicted molar refractivity (Wildman–Crippen MR) is 115 cm³/mol. The molecule has 0 N–H and O–H groups in total. The van der Waals surface area contributed by atoms with E-state index >= 15 is 0 Å². The van der Waals surface area contributed by atoms with Crippen LogP contribution in [0.1, 0.15) is 30.0 Å². The number of hydrogen-bond acceptors (Lipinski definition) is 6. The van der Waals surface area contributed by atoms with E-state index in [4.69, 9.17) is 9.47 Å². The van der Waals surface area contributed by atoms with Crippen LogP contribution in [0.25, 0.3) is 6.08 Å². The van der Waals surface area contributed by atoms with Crippen LogP contribution in [0.2, 0.25) is 0 Å². The average molecular weight is 410 g/mol. The molecule has 1 aliphatic rings. The fraction of sp³-hybridized carbons (Fsp3) is 0.348. The highest BCUT2D eigenvalue weighted by Gasteiger charge is 2.24. The second-order valence-electron chi connectivity index (χ2n) is 7.32. The zero-order chi connectivity index (χ0) is 21.7. The van der Waals surface area contributed by atoms with Gasteiger partial charge in [-0.15, -0.1) is 0 Å². The van der Waals surface area contributed by atoms with Gasteiger partial charge < -0.3 is 9.47 Å². The number of likely N-dealkylation sites (N-methyl/N-ethyl adjacent to an activating group) is 1. The molecule has 158 valence electrons. The number of aryl methyl sites for hydroxylation is 1. The number of nitro benzene ring substituents is 1. The molecule has 1 aliphatic heterocycles. The van der Waals surface area contributed by atoms with Gasteiger partial charge >= 0.3 is 5.69 Å². The van der Waals surface area contributed by atoms with Gasteiger partial charge in [0.25, 0.3) is 0 Å². The van der Waals surface area contributed by atoms with E-state index in [2.05, 4.69) is 4.90 Å². The third-order valence-electron chi connectivity index (χ3n) is 5.14. The second kappa shape index (κ2) is 9.54. The van der Waals surface area contributed by atoms with Gasteiger partial charge in [0.1, 0.15) is 6.61 Å². The van der Waals surface area contributed by atoms with Crippen LogP contribution in [-0.4, -0.2) is 42.4 Å². The SMILES string of the molecule is CCN1CCC(=O)/C(=C/c2cc(OC)c(OCc3cccc(C)c3)c([N+](=O)[O-])c2)C1. The van der Waals surface area contributed by atoms with E-state index in [1.165, 1.54) is 13.2 Å². The number of ether oxygens (including phenoxy) is 2. The minimum atomic E-state index is -0.489. The van der Waals surface area contributed by atoms with Gasteiger partial charge in [0.15, 0.2) is 11.5 Å². The summed E-state index contributed by atoms with van der Waals surface area (Å²) in [5, 5.41) is 11.7. The molecule has 3 rings (SSSR count). The maximum Gasteiger partial charge on any atom is 0.315 e. The lowest BCUT2D eigenvalue weighted by atomic mass is 10.00. The fourth-order valence-electron chi connectivity index (χ4n) is 3.51. The molecule has 2 aromatic rings. The molecule has 1 saturated heterocycles. The molecule has 1 heterocycles. The van der Waals surface area contributed by atoms with Crippen LogP contribution in [0, 0.1) is 17.0 Å². The molecule has 2 aromatic carbocycles. The third kappa shape index (κ3) is 5.04. The number of hydrogen-bond donors (Lipinski definition) is 0. The van der Waals surface area contributed by atoms with E-state index in [1.54, 1.807) is 12.1 Å². The number of carbonyl (C=O) groups excluding carboxylic acids is 1. The predicted octanol–water partition coefficient (Wildman–Crippen LogP) is 4.17. The molecule has 0 aliphatic carbocycles. The highest BCUT2D eigenvalue weighted by Crippen LogP contribution is 2.39. The van der Waals surface area contributed by atoms with Gasteiger partial charge in [-0.1, -0.05) is 36.8 Å². The van der Waals surface area contributed by atoms with Crippen molar-refractivity contribution in [3.63, 3.8) is 0 Å². The Morgan fingerprint density at radius 1 is 1.27 bits per heavy atom. The molecule has 0 atom stereocenters. The molecule has 0 aromatic heterocycles. The van der Waals surface area contributed by atoms with Crippen molar-refractivity contribution in [2.24, 2.45) is 0 Å². The first-order valence-corrected chi connectivity index (χ1v) is 9.92. The van der Waals surface area contributed by atoms with Crippen molar-refractivity contribution in [3.8, 4) is 11.5 Å². The summed E-state index contributed by atoms with van der Waals surface area (Å²) >= 11 is 0. The van der Waals surface area contributed by atoms with E-state index in [0.717, 1.165) is 24.2 Å². The first-order valence-electron chi connectivity index (χ1n) is 9.92. The van der Waals surface area contributed by atoms with E-state index in [1.807, 2.05) is 38.1 Å². The van der Waals surface area contributed by atoms with Crippen LogP contribution < -0.4 is 9.47 Å². The van der Waals surface area contributed by atoms with Gasteiger partial charge in [-0.25, -0.2) is 0 Å². The number of likely N-dealkylation sites (tertiary alicyclic amines) is 1. The van der Waals surface area contributed by atoms with Crippen molar-refractivity contribution >= 4 is 17.5 Å². The zero-order valence-electron chi connectivity index (χ0n) is 17.5. The Morgan fingerprint density at radius 2 is 2.07 bits per heavy atom. The smallest absolute Gasteiger partial charge is 0.315 e. The Morgan fingerprint density at radius 3 is 2.73 bits per heavy atom. The van der Waals surface area contributed by atoms with Gasteiger partial charge in [0, 0.05) is 31.1 Å². The largest absolute Gasteiger partial charge is 0.493 e. The van der Waals surface area contributed by atoms with Crippen molar-refractivity contribution in [2.45, 2.75) is 26.9 Å². The summed E-state index contributed by atoms with van der Waals surface area (Å²) in [6.45, 7) is 6.32. The van der Waals surface area contributed by atoms with Crippen LogP contribution in [0.5, 0.6) is 11.5 Å². The van der Waals surface area contributed by atoms with Crippen LogP contribution in [0.15, 0.2) is 42.0 Å². The normalized spacial score (nSPS) is 16.0. The number of methoxy groups -OCH3 is 1. The molecule has 7 heteroatoms. The summed E-state index contributed by atoms with van der Waals surface area (Å²) in [6, 6.07) is 10.9. The molecular formula is C23H26N2O5. The summed E-state index contributed by atoms with van der Waals surface area (Å²) in [7, 11) is 1.44. The van der Waals surface area contributed by atoms with E-state index in [-0.39, 0.29) is 29.6 Å². The quantitative estimate of drug-likeness (QED) is 0.387. The molecule has 0 saturated carbocycles. The molecule has 0 bridgehead atoms. The number of ketones is 1. The number of nitro groups is 1. The molecule has 30 heavy (non-hydrogen) atoms. The molecule has 0 spiro atoms. The van der Waals surface area contributed by atoms with Crippen molar-refractivity contribution in [2.75, 3.05) is 26.7 Å². The standard InChI is InChI=1S/C23H26N2O5/c1-4-24-9-8-21(26)19(14-24)11-18-12-20(25(27)28)23(22(13-18)29-3)30-15-17-7-5-6-16(2)10-17/h5-7,10-13H,4,8-9,14-15H2,1-3H3/b19-11+. The summed E-state index contributed by atoms with van der Waals surface area (Å²) in [5.41, 5.74) is 2.99. The highest BCUT2D eigenvalue weighted by molar-refractivity contribution is 6.00. The van der Waals surface area contributed by atoms with Gasteiger partial charge in [-0.2, -0.15) is 0 Å². The monoisotopic (exact) mass is 410 g/mol.